The van der Waals surface area contributed by atoms with Crippen molar-refractivity contribution in [2.75, 3.05) is 19.6 Å². The van der Waals surface area contributed by atoms with Gasteiger partial charge < -0.3 is 10.6 Å². The summed E-state index contributed by atoms with van der Waals surface area (Å²) in [5.74, 6) is 0.968. The van der Waals surface area contributed by atoms with Gasteiger partial charge in [-0.25, -0.2) is 0 Å². The molecule has 0 bridgehead atoms. The molecule has 1 fully saturated rings. The number of nitrogens with two attached hydrogens (primary N) is 1. The average molecular weight is 240 g/mol. The molecule has 1 aliphatic rings. The maximum atomic E-state index is 6.28. The minimum absolute atomic E-state index is 0.231. The molecule has 0 amide bonds. The number of rotatable bonds is 4. The summed E-state index contributed by atoms with van der Waals surface area (Å²) in [6.07, 6.45) is 6.92. The molecule has 1 aliphatic heterocycles. The first-order valence-electron chi connectivity index (χ1n) is 7.41. The van der Waals surface area contributed by atoms with Crippen LogP contribution in [0, 0.1) is 11.3 Å². The second-order valence-electron chi connectivity index (χ2n) is 6.86. The summed E-state index contributed by atoms with van der Waals surface area (Å²) in [5, 5.41) is 0. The summed E-state index contributed by atoms with van der Waals surface area (Å²) >= 11 is 0. The van der Waals surface area contributed by atoms with Crippen LogP contribution < -0.4 is 5.73 Å². The second kappa shape index (κ2) is 6.75. The van der Waals surface area contributed by atoms with Crippen molar-refractivity contribution < 1.29 is 0 Å². The van der Waals surface area contributed by atoms with E-state index in [4.69, 9.17) is 5.73 Å². The molecule has 1 saturated heterocycles. The van der Waals surface area contributed by atoms with Crippen molar-refractivity contribution in [1.82, 2.24) is 4.90 Å². The lowest BCUT2D eigenvalue weighted by Gasteiger charge is -2.32. The molecular formula is C15H32N2. The van der Waals surface area contributed by atoms with Crippen molar-refractivity contribution in [3.63, 3.8) is 0 Å². The molecule has 0 aromatic carbocycles. The first-order valence-corrected chi connectivity index (χ1v) is 7.41. The Kier molecular flexibility index (Phi) is 5.94. The quantitative estimate of drug-likeness (QED) is 0.817. The molecule has 2 heteroatoms. The summed E-state index contributed by atoms with van der Waals surface area (Å²) in [5.41, 5.74) is 6.52. The fourth-order valence-electron chi connectivity index (χ4n) is 2.66. The zero-order valence-corrected chi connectivity index (χ0v) is 12.3. The Hall–Kier alpha value is -0.0800. The minimum Gasteiger partial charge on any atom is -0.326 e. The molecule has 0 aromatic heterocycles. The first kappa shape index (κ1) is 15.0. The van der Waals surface area contributed by atoms with Gasteiger partial charge in [-0.3, -0.25) is 0 Å². The normalized spacial score (nSPS) is 25.6. The topological polar surface area (TPSA) is 29.3 Å². The molecule has 0 aromatic rings. The summed E-state index contributed by atoms with van der Waals surface area (Å²) in [6, 6.07) is 0.297. The maximum absolute atomic E-state index is 6.28. The largest absolute Gasteiger partial charge is 0.326 e. The van der Waals surface area contributed by atoms with Gasteiger partial charge in [0.05, 0.1) is 0 Å². The molecule has 2 atom stereocenters. The fourth-order valence-corrected chi connectivity index (χ4v) is 2.66. The Bertz CT molecular complexity index is 207. The predicted molar refractivity (Wildman–Crippen MR) is 76.1 cm³/mol. The number of hydrogen-bond acceptors (Lipinski definition) is 2. The zero-order chi connectivity index (χ0) is 12.9. The highest BCUT2D eigenvalue weighted by molar-refractivity contribution is 4.81. The van der Waals surface area contributed by atoms with Crippen LogP contribution in [0.25, 0.3) is 0 Å². The molecule has 102 valence electrons. The molecular weight excluding hydrogens is 208 g/mol. The van der Waals surface area contributed by atoms with Crippen LogP contribution in [-0.4, -0.2) is 30.6 Å². The van der Waals surface area contributed by atoms with Crippen LogP contribution in [0.4, 0.5) is 0 Å². The maximum Gasteiger partial charge on any atom is 0.0217 e. The summed E-state index contributed by atoms with van der Waals surface area (Å²) in [6.45, 7) is 12.6. The highest BCUT2D eigenvalue weighted by Crippen LogP contribution is 2.23. The average Bonchev–Trinajstić information content (AvgIpc) is 2.43. The van der Waals surface area contributed by atoms with E-state index in [1.807, 2.05) is 0 Å². The fraction of sp³-hybridized carbons (Fsp3) is 1.00. The van der Waals surface area contributed by atoms with Crippen LogP contribution in [0.1, 0.15) is 59.8 Å². The third-order valence-electron chi connectivity index (χ3n) is 4.20. The van der Waals surface area contributed by atoms with Crippen LogP contribution >= 0.6 is 0 Å². The van der Waals surface area contributed by atoms with E-state index in [2.05, 4.69) is 32.6 Å². The first-order chi connectivity index (χ1) is 7.93. The van der Waals surface area contributed by atoms with E-state index < -0.39 is 0 Å². The van der Waals surface area contributed by atoms with E-state index in [1.165, 1.54) is 45.2 Å². The number of hydrogen-bond donors (Lipinski definition) is 1. The van der Waals surface area contributed by atoms with E-state index in [1.54, 1.807) is 0 Å². The van der Waals surface area contributed by atoms with Gasteiger partial charge in [-0.05, 0) is 43.7 Å². The van der Waals surface area contributed by atoms with E-state index in [0.717, 1.165) is 12.5 Å². The standard InChI is InChI=1S/C15H32N2/c1-5-7-13-8-6-10-17(11-9-13)12-14(16)15(2,3)4/h13-14H,5-12,16H2,1-4H3. The van der Waals surface area contributed by atoms with Gasteiger partial charge >= 0.3 is 0 Å². The molecule has 2 unspecified atom stereocenters. The molecule has 2 nitrogen and oxygen atoms in total. The third kappa shape index (κ3) is 5.39. The zero-order valence-electron chi connectivity index (χ0n) is 12.3. The van der Waals surface area contributed by atoms with E-state index >= 15 is 0 Å². The molecule has 2 N–H and O–H groups in total. The van der Waals surface area contributed by atoms with Gasteiger partial charge in [0.1, 0.15) is 0 Å². The molecule has 0 spiro atoms. The van der Waals surface area contributed by atoms with Gasteiger partial charge in [-0.1, -0.05) is 40.5 Å². The van der Waals surface area contributed by atoms with E-state index in [-0.39, 0.29) is 5.41 Å². The Morgan fingerprint density at radius 3 is 2.53 bits per heavy atom. The van der Waals surface area contributed by atoms with Crippen molar-refractivity contribution in [1.29, 1.82) is 0 Å². The van der Waals surface area contributed by atoms with E-state index in [0.29, 0.717) is 6.04 Å². The second-order valence-corrected chi connectivity index (χ2v) is 6.86. The van der Waals surface area contributed by atoms with Crippen molar-refractivity contribution in [3.05, 3.63) is 0 Å². The predicted octanol–water partition coefficient (Wildman–Crippen LogP) is 3.26. The highest BCUT2D eigenvalue weighted by Gasteiger charge is 2.24. The van der Waals surface area contributed by atoms with Gasteiger partial charge in [0.25, 0.3) is 0 Å². The lowest BCUT2D eigenvalue weighted by molar-refractivity contribution is 0.202. The van der Waals surface area contributed by atoms with Crippen molar-refractivity contribution >= 4 is 0 Å². The van der Waals surface area contributed by atoms with Crippen molar-refractivity contribution in [3.8, 4) is 0 Å². The Labute approximate surface area is 108 Å². The van der Waals surface area contributed by atoms with Crippen molar-refractivity contribution in [2.24, 2.45) is 17.1 Å². The van der Waals surface area contributed by atoms with Crippen LogP contribution in [0.15, 0.2) is 0 Å². The van der Waals surface area contributed by atoms with Crippen LogP contribution in [0.2, 0.25) is 0 Å². The number of nitrogens with zero attached hydrogens (tertiary/aromatic N) is 1. The van der Waals surface area contributed by atoms with Gasteiger partial charge in [0.2, 0.25) is 0 Å². The van der Waals surface area contributed by atoms with E-state index in [9.17, 15) is 0 Å². The van der Waals surface area contributed by atoms with Crippen molar-refractivity contribution in [2.45, 2.75) is 65.8 Å². The van der Waals surface area contributed by atoms with Gasteiger partial charge in [0.15, 0.2) is 0 Å². The number of likely N-dealkylation sites (tertiary alicyclic amines) is 1. The lowest BCUT2D eigenvalue weighted by atomic mass is 9.87. The van der Waals surface area contributed by atoms with Gasteiger partial charge in [0, 0.05) is 12.6 Å². The Morgan fingerprint density at radius 2 is 1.94 bits per heavy atom. The van der Waals surface area contributed by atoms with Gasteiger partial charge in [-0.15, -0.1) is 0 Å². The minimum atomic E-state index is 0.231. The van der Waals surface area contributed by atoms with Gasteiger partial charge in [-0.2, -0.15) is 0 Å². The van der Waals surface area contributed by atoms with Crippen LogP contribution in [0.3, 0.4) is 0 Å². The highest BCUT2D eigenvalue weighted by atomic mass is 15.1. The van der Waals surface area contributed by atoms with Crippen LogP contribution in [-0.2, 0) is 0 Å². The Morgan fingerprint density at radius 1 is 1.24 bits per heavy atom. The monoisotopic (exact) mass is 240 g/mol. The smallest absolute Gasteiger partial charge is 0.0217 e. The summed E-state index contributed by atoms with van der Waals surface area (Å²) < 4.78 is 0. The molecule has 0 radical (unpaired) electrons. The third-order valence-corrected chi connectivity index (χ3v) is 4.20. The summed E-state index contributed by atoms with van der Waals surface area (Å²) in [4.78, 5) is 2.59. The molecule has 0 saturated carbocycles. The summed E-state index contributed by atoms with van der Waals surface area (Å²) in [7, 11) is 0. The van der Waals surface area contributed by atoms with Crippen LogP contribution in [0.5, 0.6) is 0 Å². The molecule has 17 heavy (non-hydrogen) atoms. The lowest BCUT2D eigenvalue weighted by Crippen LogP contribution is -2.45. The molecule has 0 aliphatic carbocycles. The Balaban J connectivity index is 2.36. The molecule has 1 heterocycles. The molecule has 1 rings (SSSR count). The SMILES string of the molecule is CCCC1CCCN(CC(N)C(C)(C)C)CC1.